The molecule has 2 rings (SSSR count). The van der Waals surface area contributed by atoms with Gasteiger partial charge in [0.15, 0.2) is 0 Å². The predicted molar refractivity (Wildman–Crippen MR) is 77.3 cm³/mol. The SMILES string of the molecule is N[C@@H](C/C=C\Cc1ccccc1)c1ccccc1. The predicted octanol–water partition coefficient (Wildman–Crippen LogP) is 3.88. The summed E-state index contributed by atoms with van der Waals surface area (Å²) >= 11 is 0. The Hall–Kier alpha value is -1.86. The highest BCUT2D eigenvalue weighted by Gasteiger charge is 2.01. The first kappa shape index (κ1) is 12.6. The van der Waals surface area contributed by atoms with E-state index in [0.717, 1.165) is 12.8 Å². The van der Waals surface area contributed by atoms with Gasteiger partial charge < -0.3 is 5.73 Å². The van der Waals surface area contributed by atoms with Crippen molar-refractivity contribution < 1.29 is 0 Å². The molecule has 2 N–H and O–H groups in total. The van der Waals surface area contributed by atoms with Crippen molar-refractivity contribution in [2.75, 3.05) is 0 Å². The number of allylic oxidation sites excluding steroid dienone is 1. The Morgan fingerprint density at radius 1 is 0.833 bits per heavy atom. The molecule has 0 saturated heterocycles. The summed E-state index contributed by atoms with van der Waals surface area (Å²) in [5.41, 5.74) is 8.65. The van der Waals surface area contributed by atoms with Crippen LogP contribution in [0.5, 0.6) is 0 Å². The second kappa shape index (κ2) is 6.77. The van der Waals surface area contributed by atoms with Gasteiger partial charge in [-0.05, 0) is 24.0 Å². The van der Waals surface area contributed by atoms with Crippen LogP contribution in [0.2, 0.25) is 0 Å². The average molecular weight is 237 g/mol. The maximum atomic E-state index is 6.12. The van der Waals surface area contributed by atoms with Gasteiger partial charge in [-0.15, -0.1) is 0 Å². The Morgan fingerprint density at radius 2 is 1.44 bits per heavy atom. The zero-order chi connectivity index (χ0) is 12.6. The fourth-order valence-electron chi connectivity index (χ4n) is 1.91. The molecule has 1 nitrogen and oxygen atoms in total. The third kappa shape index (κ3) is 3.86. The molecular formula is C17H19N. The Morgan fingerprint density at radius 3 is 2.11 bits per heavy atom. The summed E-state index contributed by atoms with van der Waals surface area (Å²) in [5, 5.41) is 0. The van der Waals surface area contributed by atoms with Gasteiger partial charge in [-0.3, -0.25) is 0 Å². The Labute approximate surface area is 109 Å². The summed E-state index contributed by atoms with van der Waals surface area (Å²) in [6.07, 6.45) is 6.22. The van der Waals surface area contributed by atoms with E-state index in [-0.39, 0.29) is 6.04 Å². The van der Waals surface area contributed by atoms with Crippen molar-refractivity contribution in [3.8, 4) is 0 Å². The van der Waals surface area contributed by atoms with Gasteiger partial charge in [0.05, 0.1) is 0 Å². The Kier molecular flexibility index (Phi) is 4.74. The minimum absolute atomic E-state index is 0.0956. The number of benzene rings is 2. The highest BCUT2D eigenvalue weighted by molar-refractivity contribution is 5.20. The molecule has 2 aromatic rings. The molecule has 0 bridgehead atoms. The van der Waals surface area contributed by atoms with Crippen LogP contribution in [0.15, 0.2) is 72.8 Å². The van der Waals surface area contributed by atoms with Crippen molar-refractivity contribution in [1.82, 2.24) is 0 Å². The minimum Gasteiger partial charge on any atom is -0.324 e. The van der Waals surface area contributed by atoms with E-state index in [2.05, 4.69) is 48.6 Å². The first-order chi connectivity index (χ1) is 8.86. The van der Waals surface area contributed by atoms with Crippen LogP contribution in [0, 0.1) is 0 Å². The molecule has 2 aromatic carbocycles. The molecule has 92 valence electrons. The Balaban J connectivity index is 1.81. The molecule has 0 amide bonds. The lowest BCUT2D eigenvalue weighted by atomic mass is 10.0. The van der Waals surface area contributed by atoms with E-state index in [1.807, 2.05) is 24.3 Å². The molecule has 0 aliphatic rings. The summed E-state index contributed by atoms with van der Waals surface area (Å²) in [6.45, 7) is 0. The first-order valence-electron chi connectivity index (χ1n) is 6.36. The van der Waals surface area contributed by atoms with E-state index in [4.69, 9.17) is 5.73 Å². The molecule has 0 aliphatic heterocycles. The molecule has 18 heavy (non-hydrogen) atoms. The number of hydrogen-bond donors (Lipinski definition) is 1. The lowest BCUT2D eigenvalue weighted by Gasteiger charge is -2.08. The van der Waals surface area contributed by atoms with Crippen molar-refractivity contribution in [2.24, 2.45) is 5.73 Å². The van der Waals surface area contributed by atoms with E-state index < -0.39 is 0 Å². The van der Waals surface area contributed by atoms with Crippen LogP contribution in [0.1, 0.15) is 23.6 Å². The van der Waals surface area contributed by atoms with Crippen molar-refractivity contribution in [1.29, 1.82) is 0 Å². The molecule has 1 heteroatoms. The van der Waals surface area contributed by atoms with E-state index in [9.17, 15) is 0 Å². The zero-order valence-corrected chi connectivity index (χ0v) is 10.5. The molecule has 0 aromatic heterocycles. The van der Waals surface area contributed by atoms with Crippen LogP contribution in [0.3, 0.4) is 0 Å². The second-order valence-corrected chi connectivity index (χ2v) is 4.41. The fourth-order valence-corrected chi connectivity index (χ4v) is 1.91. The smallest absolute Gasteiger partial charge is 0.0329 e. The highest BCUT2D eigenvalue weighted by Crippen LogP contribution is 2.13. The van der Waals surface area contributed by atoms with E-state index in [1.54, 1.807) is 0 Å². The minimum atomic E-state index is 0.0956. The van der Waals surface area contributed by atoms with Gasteiger partial charge in [0.2, 0.25) is 0 Å². The largest absolute Gasteiger partial charge is 0.324 e. The normalized spacial score (nSPS) is 12.7. The average Bonchev–Trinajstić information content (AvgIpc) is 2.45. The van der Waals surface area contributed by atoms with Crippen LogP contribution in [0.4, 0.5) is 0 Å². The van der Waals surface area contributed by atoms with Crippen molar-refractivity contribution in [2.45, 2.75) is 18.9 Å². The number of nitrogens with two attached hydrogens (primary N) is 1. The van der Waals surface area contributed by atoms with Crippen LogP contribution in [-0.4, -0.2) is 0 Å². The maximum absolute atomic E-state index is 6.12. The molecule has 0 aliphatic carbocycles. The molecule has 0 spiro atoms. The molecule has 1 atom stereocenters. The van der Waals surface area contributed by atoms with Gasteiger partial charge in [-0.2, -0.15) is 0 Å². The van der Waals surface area contributed by atoms with Gasteiger partial charge in [-0.25, -0.2) is 0 Å². The second-order valence-electron chi connectivity index (χ2n) is 4.41. The third-order valence-corrected chi connectivity index (χ3v) is 2.98. The summed E-state index contributed by atoms with van der Waals surface area (Å²) in [7, 11) is 0. The third-order valence-electron chi connectivity index (χ3n) is 2.98. The van der Waals surface area contributed by atoms with Gasteiger partial charge in [0.1, 0.15) is 0 Å². The summed E-state index contributed by atoms with van der Waals surface area (Å²) in [4.78, 5) is 0. The van der Waals surface area contributed by atoms with Crippen molar-refractivity contribution in [3.05, 3.63) is 83.9 Å². The standard InChI is InChI=1S/C17H19N/c18-17(16-12-5-2-6-13-16)14-8-7-11-15-9-3-1-4-10-15/h1-10,12-13,17H,11,14,18H2/b8-7-/t17-/m0/s1. The number of hydrogen-bond acceptors (Lipinski definition) is 1. The molecule has 0 fully saturated rings. The molecule has 0 saturated carbocycles. The highest BCUT2D eigenvalue weighted by atomic mass is 14.6. The van der Waals surface area contributed by atoms with Crippen molar-refractivity contribution in [3.63, 3.8) is 0 Å². The quantitative estimate of drug-likeness (QED) is 0.785. The lowest BCUT2D eigenvalue weighted by molar-refractivity contribution is 0.739. The topological polar surface area (TPSA) is 26.0 Å². The van der Waals surface area contributed by atoms with E-state index in [1.165, 1.54) is 11.1 Å². The van der Waals surface area contributed by atoms with E-state index >= 15 is 0 Å². The Bertz CT molecular complexity index is 473. The summed E-state index contributed by atoms with van der Waals surface area (Å²) < 4.78 is 0. The van der Waals surface area contributed by atoms with Gasteiger partial charge in [0, 0.05) is 6.04 Å². The first-order valence-corrected chi connectivity index (χ1v) is 6.36. The van der Waals surface area contributed by atoms with Crippen LogP contribution < -0.4 is 5.73 Å². The zero-order valence-electron chi connectivity index (χ0n) is 10.5. The van der Waals surface area contributed by atoms with Gasteiger partial charge >= 0.3 is 0 Å². The molecule has 0 heterocycles. The summed E-state index contributed by atoms with van der Waals surface area (Å²) in [5.74, 6) is 0. The van der Waals surface area contributed by atoms with Crippen LogP contribution in [0.25, 0.3) is 0 Å². The monoisotopic (exact) mass is 237 g/mol. The molecule has 0 unspecified atom stereocenters. The number of rotatable bonds is 5. The lowest BCUT2D eigenvalue weighted by Crippen LogP contribution is -2.08. The van der Waals surface area contributed by atoms with Crippen molar-refractivity contribution >= 4 is 0 Å². The van der Waals surface area contributed by atoms with Gasteiger partial charge in [-0.1, -0.05) is 72.8 Å². The molecular weight excluding hydrogens is 218 g/mol. The fraction of sp³-hybridized carbons (Fsp3) is 0.176. The van der Waals surface area contributed by atoms with E-state index in [0.29, 0.717) is 0 Å². The summed E-state index contributed by atoms with van der Waals surface area (Å²) in [6, 6.07) is 20.8. The van der Waals surface area contributed by atoms with Gasteiger partial charge in [0.25, 0.3) is 0 Å². The van der Waals surface area contributed by atoms with Crippen LogP contribution >= 0.6 is 0 Å². The van der Waals surface area contributed by atoms with Crippen LogP contribution in [-0.2, 0) is 6.42 Å². The maximum Gasteiger partial charge on any atom is 0.0329 e. The molecule has 0 radical (unpaired) electrons.